The van der Waals surface area contributed by atoms with Crippen molar-refractivity contribution in [2.45, 2.75) is 38.3 Å². The van der Waals surface area contributed by atoms with Crippen molar-refractivity contribution in [3.8, 4) is 5.75 Å². The molecule has 196 valence electrons. The summed E-state index contributed by atoms with van der Waals surface area (Å²) in [6.07, 6.45) is 0. The number of hydrogen-bond donors (Lipinski definition) is 1. The predicted molar refractivity (Wildman–Crippen MR) is 144 cm³/mol. The summed E-state index contributed by atoms with van der Waals surface area (Å²) in [5.74, 6) is -0.545. The van der Waals surface area contributed by atoms with Gasteiger partial charge in [0.2, 0.25) is 11.8 Å². The number of benzene rings is 3. The molecule has 0 aromatic heterocycles. The highest BCUT2D eigenvalue weighted by Gasteiger charge is 2.33. The maximum absolute atomic E-state index is 13.8. The van der Waals surface area contributed by atoms with Gasteiger partial charge in [-0.15, -0.1) is 0 Å². The third kappa shape index (κ3) is 6.68. The van der Waals surface area contributed by atoms with Gasteiger partial charge in [0.1, 0.15) is 18.3 Å². The van der Waals surface area contributed by atoms with E-state index in [1.165, 1.54) is 24.1 Å². The highest BCUT2D eigenvalue weighted by molar-refractivity contribution is 7.92. The second-order valence-corrected chi connectivity index (χ2v) is 10.4. The van der Waals surface area contributed by atoms with Crippen molar-refractivity contribution >= 4 is 27.5 Å². The van der Waals surface area contributed by atoms with Crippen LogP contribution >= 0.6 is 0 Å². The van der Waals surface area contributed by atoms with Crippen molar-refractivity contribution in [1.29, 1.82) is 0 Å². The molecule has 3 aromatic carbocycles. The number of nitrogens with one attached hydrogen (secondary N) is 1. The number of carbonyl (C=O) groups is 2. The van der Waals surface area contributed by atoms with Crippen molar-refractivity contribution in [1.82, 2.24) is 10.2 Å². The number of rotatable bonds is 11. The summed E-state index contributed by atoms with van der Waals surface area (Å²) in [6.45, 7) is 5.31. The van der Waals surface area contributed by atoms with Gasteiger partial charge in [-0.2, -0.15) is 0 Å². The van der Waals surface area contributed by atoms with E-state index >= 15 is 0 Å². The SMILES string of the molecule is CCOc1ccccc1N(CC(=O)N(Cc1ccc(C)cc1)[C@H](C)C(=O)NC)S(=O)(=O)c1ccccc1. The molecule has 0 aliphatic heterocycles. The number of amides is 2. The number of ether oxygens (including phenoxy) is 1. The molecule has 1 N–H and O–H groups in total. The molecule has 3 rings (SSSR count). The zero-order valence-corrected chi connectivity index (χ0v) is 22.4. The lowest BCUT2D eigenvalue weighted by atomic mass is 10.1. The molecule has 8 nitrogen and oxygen atoms in total. The summed E-state index contributed by atoms with van der Waals surface area (Å²) in [7, 11) is -2.65. The summed E-state index contributed by atoms with van der Waals surface area (Å²) in [4.78, 5) is 27.8. The minimum atomic E-state index is -4.15. The molecule has 0 radical (unpaired) electrons. The normalized spacial score (nSPS) is 11.9. The molecule has 0 unspecified atom stereocenters. The topological polar surface area (TPSA) is 96.0 Å². The van der Waals surface area contributed by atoms with Crippen LogP contribution in [-0.4, -0.2) is 51.4 Å². The minimum absolute atomic E-state index is 0.0403. The van der Waals surface area contributed by atoms with E-state index in [2.05, 4.69) is 5.32 Å². The molecule has 9 heteroatoms. The number of likely N-dealkylation sites (N-methyl/N-ethyl adjacent to an activating group) is 1. The maximum Gasteiger partial charge on any atom is 0.264 e. The van der Waals surface area contributed by atoms with Crippen molar-refractivity contribution in [2.24, 2.45) is 0 Å². The first-order valence-electron chi connectivity index (χ1n) is 12.0. The molecule has 0 aliphatic carbocycles. The third-order valence-electron chi connectivity index (χ3n) is 5.93. The fourth-order valence-electron chi connectivity index (χ4n) is 3.86. The second-order valence-electron chi connectivity index (χ2n) is 8.52. The average molecular weight is 524 g/mol. The minimum Gasteiger partial charge on any atom is -0.492 e. The zero-order valence-electron chi connectivity index (χ0n) is 21.5. The van der Waals surface area contributed by atoms with Crippen LogP contribution in [0.1, 0.15) is 25.0 Å². The molecular weight excluding hydrogens is 490 g/mol. The average Bonchev–Trinajstić information content (AvgIpc) is 2.91. The molecule has 2 amide bonds. The van der Waals surface area contributed by atoms with Gasteiger partial charge in [-0.25, -0.2) is 8.42 Å². The fourth-order valence-corrected chi connectivity index (χ4v) is 5.30. The van der Waals surface area contributed by atoms with Crippen molar-refractivity contribution in [3.05, 3.63) is 90.0 Å². The lowest BCUT2D eigenvalue weighted by molar-refractivity contribution is -0.139. The fraction of sp³-hybridized carbons (Fsp3) is 0.286. The number of carbonyl (C=O) groups excluding carboxylic acids is 2. The second kappa shape index (κ2) is 12.4. The molecule has 0 bridgehead atoms. The van der Waals surface area contributed by atoms with Crippen LogP contribution in [0.3, 0.4) is 0 Å². The number of anilines is 1. The summed E-state index contributed by atoms with van der Waals surface area (Å²) < 4.78 is 34.4. The van der Waals surface area contributed by atoms with Gasteiger partial charge in [0.05, 0.1) is 17.2 Å². The van der Waals surface area contributed by atoms with E-state index in [4.69, 9.17) is 4.74 Å². The number of para-hydroxylation sites is 2. The first-order chi connectivity index (χ1) is 17.7. The number of nitrogens with zero attached hydrogens (tertiary/aromatic N) is 2. The smallest absolute Gasteiger partial charge is 0.264 e. The maximum atomic E-state index is 13.8. The molecule has 0 saturated heterocycles. The Labute approximate surface area is 218 Å². The van der Waals surface area contributed by atoms with Gasteiger partial charge < -0.3 is 15.0 Å². The Bertz CT molecular complexity index is 1310. The van der Waals surface area contributed by atoms with Gasteiger partial charge in [-0.3, -0.25) is 13.9 Å². The highest BCUT2D eigenvalue weighted by atomic mass is 32.2. The molecular formula is C28H33N3O5S. The van der Waals surface area contributed by atoms with Crippen molar-refractivity contribution in [3.63, 3.8) is 0 Å². The van der Waals surface area contributed by atoms with Crippen LogP contribution in [0.15, 0.2) is 83.8 Å². The molecule has 0 aliphatic rings. The Morgan fingerprint density at radius 3 is 2.19 bits per heavy atom. The summed E-state index contributed by atoms with van der Waals surface area (Å²) in [5.41, 5.74) is 2.12. The van der Waals surface area contributed by atoms with E-state index in [1.54, 1.807) is 56.3 Å². The van der Waals surface area contributed by atoms with Crippen LogP contribution in [0, 0.1) is 6.92 Å². The zero-order chi connectivity index (χ0) is 27.0. The van der Waals surface area contributed by atoms with E-state index in [1.807, 2.05) is 31.2 Å². The summed E-state index contributed by atoms with van der Waals surface area (Å²) >= 11 is 0. The predicted octanol–water partition coefficient (Wildman–Crippen LogP) is 3.75. The lowest BCUT2D eigenvalue weighted by Gasteiger charge is -2.32. The first kappa shape index (κ1) is 27.7. The number of aryl methyl sites for hydroxylation is 1. The van der Waals surface area contributed by atoms with E-state index in [0.717, 1.165) is 15.4 Å². The largest absolute Gasteiger partial charge is 0.492 e. The molecule has 0 heterocycles. The van der Waals surface area contributed by atoms with Gasteiger partial charge in [-0.1, -0.05) is 60.2 Å². The van der Waals surface area contributed by atoms with Gasteiger partial charge in [0.25, 0.3) is 10.0 Å². The molecule has 1 atom stereocenters. The van der Waals surface area contributed by atoms with E-state index in [9.17, 15) is 18.0 Å². The van der Waals surface area contributed by atoms with Gasteiger partial charge in [0, 0.05) is 13.6 Å². The molecule has 0 saturated carbocycles. The van der Waals surface area contributed by atoms with Gasteiger partial charge in [-0.05, 0) is 50.6 Å². The quantitative estimate of drug-likeness (QED) is 0.413. The lowest BCUT2D eigenvalue weighted by Crippen LogP contribution is -2.50. The molecule has 37 heavy (non-hydrogen) atoms. The first-order valence-corrected chi connectivity index (χ1v) is 13.5. The van der Waals surface area contributed by atoms with Crippen LogP contribution in [0.2, 0.25) is 0 Å². The number of sulfonamides is 1. The van der Waals surface area contributed by atoms with Crippen LogP contribution in [-0.2, 0) is 26.2 Å². The Hall–Kier alpha value is -3.85. The molecule has 0 spiro atoms. The Morgan fingerprint density at radius 1 is 0.946 bits per heavy atom. The standard InChI is InChI=1S/C28H33N3O5S/c1-5-36-26-14-10-9-13-25(26)31(37(34,35)24-11-7-6-8-12-24)20-27(32)30(22(3)28(33)29-4)19-23-17-15-21(2)16-18-23/h6-18,22H,5,19-20H2,1-4H3,(H,29,33)/t22-/m1/s1. The van der Waals surface area contributed by atoms with Crippen LogP contribution < -0.4 is 14.4 Å². The number of hydrogen-bond acceptors (Lipinski definition) is 5. The Kier molecular flexibility index (Phi) is 9.30. The third-order valence-corrected chi connectivity index (χ3v) is 7.71. The van der Waals surface area contributed by atoms with E-state index < -0.39 is 28.5 Å². The van der Waals surface area contributed by atoms with E-state index in [0.29, 0.717) is 12.4 Å². The Morgan fingerprint density at radius 2 is 1.57 bits per heavy atom. The van der Waals surface area contributed by atoms with Crippen molar-refractivity contribution < 1.29 is 22.7 Å². The highest BCUT2D eigenvalue weighted by Crippen LogP contribution is 2.32. The van der Waals surface area contributed by atoms with Gasteiger partial charge >= 0.3 is 0 Å². The molecule has 3 aromatic rings. The van der Waals surface area contributed by atoms with Crippen LogP contribution in [0.5, 0.6) is 5.75 Å². The van der Waals surface area contributed by atoms with Crippen molar-refractivity contribution in [2.75, 3.05) is 24.5 Å². The van der Waals surface area contributed by atoms with Crippen LogP contribution in [0.25, 0.3) is 0 Å². The Balaban J connectivity index is 2.06. The van der Waals surface area contributed by atoms with Crippen LogP contribution in [0.4, 0.5) is 5.69 Å². The summed E-state index contributed by atoms with van der Waals surface area (Å²) in [6, 6.07) is 21.4. The summed E-state index contributed by atoms with van der Waals surface area (Å²) in [5, 5.41) is 2.58. The molecule has 0 fully saturated rings. The monoisotopic (exact) mass is 523 g/mol. The van der Waals surface area contributed by atoms with E-state index in [-0.39, 0.29) is 23.0 Å². The van der Waals surface area contributed by atoms with Gasteiger partial charge in [0.15, 0.2) is 0 Å².